The van der Waals surface area contributed by atoms with Crippen LogP contribution in [-0.2, 0) is 11.3 Å². The minimum atomic E-state index is -0.0800. The second-order valence-corrected chi connectivity index (χ2v) is 7.86. The normalized spacial score (nSPS) is 11.1. The molecule has 0 spiro atoms. The summed E-state index contributed by atoms with van der Waals surface area (Å²) in [5, 5.41) is 12.1. The van der Waals surface area contributed by atoms with E-state index in [4.69, 9.17) is 0 Å². The van der Waals surface area contributed by atoms with E-state index in [0.717, 1.165) is 33.9 Å². The maximum atomic E-state index is 12.3. The lowest BCUT2D eigenvalue weighted by Gasteiger charge is -2.12. The van der Waals surface area contributed by atoms with Crippen LogP contribution >= 0.6 is 11.8 Å². The topological polar surface area (TPSA) is 88.5 Å². The van der Waals surface area contributed by atoms with E-state index in [-0.39, 0.29) is 11.7 Å². The number of imidazole rings is 1. The molecule has 0 radical (unpaired) electrons. The Labute approximate surface area is 173 Å². The zero-order chi connectivity index (χ0) is 20.4. The van der Waals surface area contributed by atoms with Crippen molar-refractivity contribution in [2.24, 2.45) is 0 Å². The molecule has 0 aliphatic rings. The quantitative estimate of drug-likeness (QED) is 0.479. The van der Waals surface area contributed by atoms with E-state index in [2.05, 4.69) is 57.5 Å². The molecule has 2 aromatic carbocycles. The zero-order valence-electron chi connectivity index (χ0n) is 16.6. The van der Waals surface area contributed by atoms with Gasteiger partial charge in [-0.25, -0.2) is 4.98 Å². The first-order chi connectivity index (χ1) is 14.0. The highest BCUT2D eigenvalue weighted by Crippen LogP contribution is 2.24. The van der Waals surface area contributed by atoms with Crippen LogP contribution in [0.2, 0.25) is 0 Å². The number of hydrogen-bond acceptors (Lipinski definition) is 5. The molecule has 0 aliphatic carbocycles. The number of fused-ring (bicyclic) bond motifs is 1. The molecular weight excluding hydrogens is 384 g/mol. The van der Waals surface area contributed by atoms with Gasteiger partial charge >= 0.3 is 0 Å². The van der Waals surface area contributed by atoms with Crippen LogP contribution in [0.25, 0.3) is 16.7 Å². The Hall–Kier alpha value is -3.13. The number of thioether (sulfide) groups is 1. The lowest BCUT2D eigenvalue weighted by atomic mass is 10.1. The predicted octanol–water partition coefficient (Wildman–Crippen LogP) is 3.48. The summed E-state index contributed by atoms with van der Waals surface area (Å²) >= 11 is 1.37. The van der Waals surface area contributed by atoms with Gasteiger partial charge in [-0.15, -0.1) is 10.2 Å². The number of carbonyl (C=O) groups excluding carboxylic acids is 1. The van der Waals surface area contributed by atoms with Gasteiger partial charge in [0.25, 0.3) is 0 Å². The first-order valence-electron chi connectivity index (χ1n) is 9.34. The van der Waals surface area contributed by atoms with Crippen LogP contribution in [0.4, 0.5) is 0 Å². The standard InChI is InChI=1S/C21H22N6OS/c1-13-8-9-14(2)18(10-13)27-15(3)25-26-21(27)29-12-20(28)22-11-19-23-16-6-4-5-7-17(16)24-19/h4-10H,11-12H2,1-3H3,(H,22,28)(H,23,24). The van der Waals surface area contributed by atoms with Crippen molar-refractivity contribution in [3.63, 3.8) is 0 Å². The van der Waals surface area contributed by atoms with Crippen LogP contribution in [0.15, 0.2) is 47.6 Å². The summed E-state index contributed by atoms with van der Waals surface area (Å²) in [5.41, 5.74) is 5.19. The summed E-state index contributed by atoms with van der Waals surface area (Å²) in [5.74, 6) is 1.70. The van der Waals surface area contributed by atoms with E-state index < -0.39 is 0 Å². The third-order valence-electron chi connectivity index (χ3n) is 4.62. The molecule has 0 aliphatic heterocycles. The molecule has 0 saturated heterocycles. The average molecular weight is 407 g/mol. The first-order valence-corrected chi connectivity index (χ1v) is 10.3. The Morgan fingerprint density at radius 2 is 1.97 bits per heavy atom. The molecule has 4 aromatic rings. The number of carbonyl (C=O) groups is 1. The summed E-state index contributed by atoms with van der Waals surface area (Å²) in [4.78, 5) is 20.0. The molecule has 2 aromatic heterocycles. The van der Waals surface area contributed by atoms with Crippen molar-refractivity contribution in [3.8, 4) is 5.69 Å². The predicted molar refractivity (Wildman–Crippen MR) is 114 cm³/mol. The molecule has 8 heteroatoms. The largest absolute Gasteiger partial charge is 0.348 e. The molecule has 148 valence electrons. The monoisotopic (exact) mass is 406 g/mol. The molecule has 2 N–H and O–H groups in total. The molecule has 0 saturated carbocycles. The Balaban J connectivity index is 1.41. The maximum Gasteiger partial charge on any atom is 0.230 e. The molecule has 4 rings (SSSR count). The van der Waals surface area contributed by atoms with Crippen LogP contribution in [0.1, 0.15) is 22.8 Å². The van der Waals surface area contributed by atoms with Crippen molar-refractivity contribution in [2.75, 3.05) is 5.75 Å². The number of aryl methyl sites for hydroxylation is 3. The first kappa shape index (κ1) is 19.2. The summed E-state index contributed by atoms with van der Waals surface area (Å²) in [7, 11) is 0. The van der Waals surface area contributed by atoms with E-state index in [1.54, 1.807) is 0 Å². The number of benzene rings is 2. The maximum absolute atomic E-state index is 12.3. The van der Waals surface area contributed by atoms with Crippen LogP contribution in [-0.4, -0.2) is 36.4 Å². The summed E-state index contributed by atoms with van der Waals surface area (Å²) < 4.78 is 2.00. The summed E-state index contributed by atoms with van der Waals surface area (Å²) in [6.07, 6.45) is 0. The fraction of sp³-hybridized carbons (Fsp3) is 0.238. The van der Waals surface area contributed by atoms with Crippen LogP contribution in [0, 0.1) is 20.8 Å². The summed E-state index contributed by atoms with van der Waals surface area (Å²) in [6.45, 7) is 6.39. The Morgan fingerprint density at radius 3 is 2.79 bits per heavy atom. The highest BCUT2D eigenvalue weighted by atomic mass is 32.2. The number of hydrogen-bond donors (Lipinski definition) is 2. The van der Waals surface area contributed by atoms with Crippen LogP contribution in [0.5, 0.6) is 0 Å². The van der Waals surface area contributed by atoms with Gasteiger partial charge in [0.15, 0.2) is 5.16 Å². The molecule has 2 heterocycles. The molecule has 0 fully saturated rings. The summed E-state index contributed by atoms with van der Waals surface area (Å²) in [6, 6.07) is 14.1. The molecule has 1 amide bonds. The number of rotatable bonds is 6. The van der Waals surface area contributed by atoms with Gasteiger partial charge in [0.1, 0.15) is 11.6 Å². The molecular formula is C21H22N6OS. The van der Waals surface area contributed by atoms with E-state index >= 15 is 0 Å². The fourth-order valence-corrected chi connectivity index (χ4v) is 3.95. The number of aromatic amines is 1. The van der Waals surface area contributed by atoms with Gasteiger partial charge in [-0.05, 0) is 50.1 Å². The van der Waals surface area contributed by atoms with Crippen molar-refractivity contribution in [3.05, 3.63) is 65.2 Å². The highest BCUT2D eigenvalue weighted by Gasteiger charge is 2.15. The Bertz CT molecular complexity index is 1150. The molecule has 29 heavy (non-hydrogen) atoms. The van der Waals surface area contributed by atoms with Crippen molar-refractivity contribution < 1.29 is 4.79 Å². The number of nitrogens with one attached hydrogen (secondary N) is 2. The molecule has 0 unspecified atom stereocenters. The minimum Gasteiger partial charge on any atom is -0.348 e. The third kappa shape index (κ3) is 4.17. The van der Waals surface area contributed by atoms with Gasteiger partial charge in [-0.3, -0.25) is 9.36 Å². The minimum absolute atomic E-state index is 0.0800. The SMILES string of the molecule is Cc1ccc(C)c(-n2c(C)nnc2SCC(=O)NCc2nc3ccccc3[nH]2)c1. The number of nitrogens with zero attached hydrogens (tertiary/aromatic N) is 4. The number of para-hydroxylation sites is 2. The molecule has 0 atom stereocenters. The molecule has 7 nitrogen and oxygen atoms in total. The Morgan fingerprint density at radius 1 is 1.14 bits per heavy atom. The van der Waals surface area contributed by atoms with Crippen molar-refractivity contribution in [1.82, 2.24) is 30.0 Å². The number of aromatic nitrogens is 5. The van der Waals surface area contributed by atoms with Gasteiger partial charge in [0.05, 0.1) is 29.0 Å². The third-order valence-corrected chi connectivity index (χ3v) is 5.55. The van der Waals surface area contributed by atoms with Gasteiger partial charge in [-0.1, -0.05) is 36.0 Å². The lowest BCUT2D eigenvalue weighted by molar-refractivity contribution is -0.118. The second kappa shape index (κ2) is 8.08. The van der Waals surface area contributed by atoms with Gasteiger partial charge in [0.2, 0.25) is 5.91 Å². The van der Waals surface area contributed by atoms with Crippen LogP contribution in [0.3, 0.4) is 0 Å². The van der Waals surface area contributed by atoms with E-state index in [1.165, 1.54) is 17.3 Å². The highest BCUT2D eigenvalue weighted by molar-refractivity contribution is 7.99. The Kier molecular flexibility index (Phi) is 5.35. The van der Waals surface area contributed by atoms with Crippen LogP contribution < -0.4 is 5.32 Å². The van der Waals surface area contributed by atoms with Crippen molar-refractivity contribution in [1.29, 1.82) is 0 Å². The second-order valence-electron chi connectivity index (χ2n) is 6.92. The van der Waals surface area contributed by atoms with E-state index in [1.807, 2.05) is 35.8 Å². The van der Waals surface area contributed by atoms with Gasteiger partial charge in [0, 0.05) is 0 Å². The number of H-pyrrole nitrogens is 1. The smallest absolute Gasteiger partial charge is 0.230 e. The van der Waals surface area contributed by atoms with E-state index in [0.29, 0.717) is 11.7 Å². The molecule has 0 bridgehead atoms. The number of amides is 1. The van der Waals surface area contributed by atoms with E-state index in [9.17, 15) is 4.79 Å². The van der Waals surface area contributed by atoms with Crippen molar-refractivity contribution in [2.45, 2.75) is 32.5 Å². The average Bonchev–Trinajstić information content (AvgIpc) is 3.29. The van der Waals surface area contributed by atoms with Gasteiger partial charge in [-0.2, -0.15) is 0 Å². The lowest BCUT2D eigenvalue weighted by Crippen LogP contribution is -2.25. The zero-order valence-corrected chi connectivity index (χ0v) is 17.4. The van der Waals surface area contributed by atoms with Gasteiger partial charge < -0.3 is 10.3 Å². The van der Waals surface area contributed by atoms with Crippen molar-refractivity contribution >= 4 is 28.7 Å². The fourth-order valence-electron chi connectivity index (χ4n) is 3.13.